The third-order valence-corrected chi connectivity index (χ3v) is 4.02. The summed E-state index contributed by atoms with van der Waals surface area (Å²) in [5, 5.41) is 3.64. The van der Waals surface area contributed by atoms with Gasteiger partial charge in [0.05, 0.1) is 6.04 Å². The third-order valence-electron chi connectivity index (χ3n) is 3.53. The number of hydrogen-bond donors (Lipinski definition) is 1. The largest absolute Gasteiger partial charge is 0.466 e. The summed E-state index contributed by atoms with van der Waals surface area (Å²) in [6.45, 7) is 9.37. The first-order valence-corrected chi connectivity index (χ1v) is 7.88. The van der Waals surface area contributed by atoms with Gasteiger partial charge in [0, 0.05) is 10.0 Å². The zero-order valence-corrected chi connectivity index (χ0v) is 14.2. The highest BCUT2D eigenvalue weighted by Gasteiger charge is 2.20. The number of hydrogen-bond acceptors (Lipinski definition) is 2. The molecule has 1 N–H and O–H groups in total. The fraction of sp³-hybridized carbons (Fsp3) is 0.412. The first-order chi connectivity index (χ1) is 9.52. The van der Waals surface area contributed by atoms with Crippen LogP contribution in [-0.2, 0) is 0 Å². The van der Waals surface area contributed by atoms with E-state index in [1.807, 2.05) is 13.8 Å². The molecule has 20 heavy (non-hydrogen) atoms. The zero-order valence-electron chi connectivity index (χ0n) is 12.6. The quantitative estimate of drug-likeness (QED) is 0.826. The van der Waals surface area contributed by atoms with Gasteiger partial charge in [0.2, 0.25) is 0 Å². The Balaban J connectivity index is 2.44. The molecule has 0 radical (unpaired) electrons. The zero-order chi connectivity index (χ0) is 14.7. The van der Waals surface area contributed by atoms with E-state index < -0.39 is 0 Å². The predicted molar refractivity (Wildman–Crippen MR) is 87.2 cm³/mol. The first-order valence-electron chi connectivity index (χ1n) is 7.09. The minimum absolute atomic E-state index is 0.195. The molecule has 0 bridgehead atoms. The molecular formula is C17H22BrNO. The lowest BCUT2D eigenvalue weighted by atomic mass is 9.95. The van der Waals surface area contributed by atoms with Crippen molar-refractivity contribution in [3.63, 3.8) is 0 Å². The van der Waals surface area contributed by atoms with Crippen LogP contribution in [-0.4, -0.2) is 6.54 Å². The van der Waals surface area contributed by atoms with E-state index in [1.54, 1.807) is 0 Å². The maximum Gasteiger partial charge on any atom is 0.106 e. The molecular weight excluding hydrogens is 314 g/mol. The second kappa shape index (κ2) is 6.59. The summed E-state index contributed by atoms with van der Waals surface area (Å²) in [6.07, 6.45) is 1.11. The Labute approximate surface area is 129 Å². The lowest BCUT2D eigenvalue weighted by Crippen LogP contribution is -2.24. The van der Waals surface area contributed by atoms with Gasteiger partial charge >= 0.3 is 0 Å². The van der Waals surface area contributed by atoms with E-state index >= 15 is 0 Å². The minimum Gasteiger partial charge on any atom is -0.466 e. The van der Waals surface area contributed by atoms with E-state index in [1.165, 1.54) is 16.7 Å². The lowest BCUT2D eigenvalue weighted by molar-refractivity contribution is 0.493. The highest BCUT2D eigenvalue weighted by molar-refractivity contribution is 9.10. The molecule has 2 aromatic rings. The Morgan fingerprint density at radius 2 is 1.90 bits per heavy atom. The summed E-state index contributed by atoms with van der Waals surface area (Å²) >= 11 is 3.53. The fourth-order valence-electron chi connectivity index (χ4n) is 2.58. The van der Waals surface area contributed by atoms with E-state index in [-0.39, 0.29) is 6.04 Å². The third kappa shape index (κ3) is 3.33. The van der Waals surface area contributed by atoms with Crippen LogP contribution in [0.1, 0.15) is 47.6 Å². The summed E-state index contributed by atoms with van der Waals surface area (Å²) < 4.78 is 6.83. The normalized spacial score (nSPS) is 12.7. The molecule has 1 heterocycles. The van der Waals surface area contributed by atoms with Gasteiger partial charge in [0.15, 0.2) is 0 Å². The highest BCUT2D eigenvalue weighted by atomic mass is 79.9. The number of benzene rings is 1. The lowest BCUT2D eigenvalue weighted by Gasteiger charge is -2.21. The van der Waals surface area contributed by atoms with Gasteiger partial charge in [-0.1, -0.05) is 28.9 Å². The molecule has 0 aliphatic heterocycles. The maximum absolute atomic E-state index is 5.71. The molecule has 1 aromatic carbocycles. The number of rotatable bonds is 5. The van der Waals surface area contributed by atoms with Crippen molar-refractivity contribution in [3.8, 4) is 0 Å². The fourth-order valence-corrected chi connectivity index (χ4v) is 3.05. The van der Waals surface area contributed by atoms with Gasteiger partial charge in [0.1, 0.15) is 11.5 Å². The topological polar surface area (TPSA) is 25.2 Å². The van der Waals surface area contributed by atoms with Crippen molar-refractivity contribution >= 4 is 15.9 Å². The Morgan fingerprint density at radius 1 is 1.15 bits per heavy atom. The average Bonchev–Trinajstić information content (AvgIpc) is 2.71. The Kier molecular flexibility index (Phi) is 5.06. The van der Waals surface area contributed by atoms with Crippen molar-refractivity contribution < 1.29 is 4.42 Å². The molecule has 2 rings (SSSR count). The van der Waals surface area contributed by atoms with Crippen LogP contribution in [0.5, 0.6) is 0 Å². The molecule has 2 nitrogen and oxygen atoms in total. The van der Waals surface area contributed by atoms with Crippen molar-refractivity contribution in [3.05, 3.63) is 56.9 Å². The second-order valence-electron chi connectivity index (χ2n) is 5.26. The summed E-state index contributed by atoms with van der Waals surface area (Å²) in [7, 11) is 0. The van der Waals surface area contributed by atoms with Gasteiger partial charge in [-0.3, -0.25) is 0 Å². The van der Waals surface area contributed by atoms with Crippen molar-refractivity contribution in [1.82, 2.24) is 5.32 Å². The molecule has 1 unspecified atom stereocenters. The number of nitrogens with one attached hydrogen (secondary N) is 1. The van der Waals surface area contributed by atoms with Gasteiger partial charge in [-0.2, -0.15) is 0 Å². The van der Waals surface area contributed by atoms with Gasteiger partial charge in [0.25, 0.3) is 0 Å². The van der Waals surface area contributed by atoms with Crippen LogP contribution in [0, 0.1) is 20.8 Å². The van der Waals surface area contributed by atoms with Crippen LogP contribution in [0.3, 0.4) is 0 Å². The predicted octanol–water partition coefficient (Wildman–Crippen LogP) is 5.06. The van der Waals surface area contributed by atoms with Crippen LogP contribution in [0.15, 0.2) is 33.2 Å². The van der Waals surface area contributed by atoms with E-state index in [0.29, 0.717) is 0 Å². The molecule has 3 heteroatoms. The molecule has 108 valence electrons. The minimum atomic E-state index is 0.195. The Morgan fingerprint density at radius 3 is 2.45 bits per heavy atom. The van der Waals surface area contributed by atoms with Gasteiger partial charge < -0.3 is 9.73 Å². The molecule has 0 saturated carbocycles. The second-order valence-corrected chi connectivity index (χ2v) is 6.17. The van der Waals surface area contributed by atoms with Crippen molar-refractivity contribution in [2.75, 3.05) is 6.54 Å². The van der Waals surface area contributed by atoms with Gasteiger partial charge in [-0.15, -0.1) is 0 Å². The van der Waals surface area contributed by atoms with E-state index in [0.717, 1.165) is 29.0 Å². The van der Waals surface area contributed by atoms with Crippen LogP contribution in [0.25, 0.3) is 0 Å². The van der Waals surface area contributed by atoms with Crippen molar-refractivity contribution in [1.29, 1.82) is 0 Å². The van der Waals surface area contributed by atoms with Crippen LogP contribution < -0.4 is 5.32 Å². The number of halogens is 1. The van der Waals surface area contributed by atoms with E-state index in [2.05, 4.69) is 59.4 Å². The molecule has 1 aromatic heterocycles. The summed E-state index contributed by atoms with van der Waals surface area (Å²) in [6, 6.07) is 8.79. The summed E-state index contributed by atoms with van der Waals surface area (Å²) in [5.41, 5.74) is 3.83. The van der Waals surface area contributed by atoms with E-state index in [9.17, 15) is 0 Å². The molecule has 0 amide bonds. The summed E-state index contributed by atoms with van der Waals surface area (Å²) in [4.78, 5) is 0. The van der Waals surface area contributed by atoms with E-state index in [4.69, 9.17) is 4.42 Å². The molecule has 0 saturated heterocycles. The smallest absolute Gasteiger partial charge is 0.106 e. The standard InChI is InChI=1S/C17H22BrNO/c1-5-8-19-17(16-10-12(3)20-13(16)4)15-7-6-14(18)9-11(15)2/h6-7,9-10,17,19H,5,8H2,1-4H3. The van der Waals surface area contributed by atoms with Crippen LogP contribution in [0.2, 0.25) is 0 Å². The van der Waals surface area contributed by atoms with Crippen LogP contribution >= 0.6 is 15.9 Å². The molecule has 1 atom stereocenters. The molecule has 0 spiro atoms. The van der Waals surface area contributed by atoms with Crippen molar-refractivity contribution in [2.24, 2.45) is 0 Å². The monoisotopic (exact) mass is 335 g/mol. The molecule has 0 fully saturated rings. The number of aryl methyl sites for hydroxylation is 3. The Hall–Kier alpha value is -1.06. The number of furan rings is 1. The van der Waals surface area contributed by atoms with Crippen molar-refractivity contribution in [2.45, 2.75) is 40.2 Å². The Bertz CT molecular complexity index is 589. The summed E-state index contributed by atoms with van der Waals surface area (Å²) in [5.74, 6) is 1.97. The first kappa shape index (κ1) is 15.3. The molecule has 0 aliphatic carbocycles. The average molecular weight is 336 g/mol. The van der Waals surface area contributed by atoms with Crippen LogP contribution in [0.4, 0.5) is 0 Å². The maximum atomic E-state index is 5.71. The molecule has 0 aliphatic rings. The van der Waals surface area contributed by atoms with Gasteiger partial charge in [-0.05, 0) is 63.1 Å². The SMILES string of the molecule is CCCNC(c1ccc(Br)cc1C)c1cc(C)oc1C. The van der Waals surface area contributed by atoms with Gasteiger partial charge in [-0.25, -0.2) is 0 Å². The highest BCUT2D eigenvalue weighted by Crippen LogP contribution is 2.30.